The predicted octanol–water partition coefficient (Wildman–Crippen LogP) is 4.68. The van der Waals surface area contributed by atoms with Gasteiger partial charge in [-0.1, -0.05) is 48.0 Å². The third-order valence-corrected chi connectivity index (χ3v) is 4.55. The van der Waals surface area contributed by atoms with Crippen LogP contribution in [0.2, 0.25) is 0 Å². The van der Waals surface area contributed by atoms with Gasteiger partial charge in [0.2, 0.25) is 5.82 Å². The number of para-hydroxylation sites is 1. The van der Waals surface area contributed by atoms with Crippen molar-refractivity contribution in [3.05, 3.63) is 77.2 Å². The molecule has 9 heteroatoms. The van der Waals surface area contributed by atoms with Crippen LogP contribution in [0.5, 0.6) is 0 Å². The second kappa shape index (κ2) is 7.25. The van der Waals surface area contributed by atoms with E-state index in [1.807, 2.05) is 6.92 Å². The van der Waals surface area contributed by atoms with Gasteiger partial charge in [0.25, 0.3) is 11.7 Å². The highest BCUT2D eigenvalue weighted by molar-refractivity contribution is 6.02. The minimum Gasteiger partial charge on any atom is -0.319 e. The van der Waals surface area contributed by atoms with Gasteiger partial charge in [0.15, 0.2) is 5.69 Å². The van der Waals surface area contributed by atoms with Crippen molar-refractivity contribution in [2.45, 2.75) is 20.0 Å². The summed E-state index contributed by atoms with van der Waals surface area (Å²) in [4.78, 5) is 20.7. The Hall–Kier alpha value is -3.75. The number of alkyl halides is 3. The molecule has 0 aliphatic rings. The number of carbonyl (C=O) groups is 1. The van der Waals surface area contributed by atoms with E-state index in [0.29, 0.717) is 15.8 Å². The van der Waals surface area contributed by atoms with Crippen LogP contribution in [0.3, 0.4) is 0 Å². The molecule has 1 amide bonds. The maximum absolute atomic E-state index is 13.7. The fourth-order valence-electron chi connectivity index (χ4n) is 2.93. The lowest BCUT2D eigenvalue weighted by Gasteiger charge is -2.10. The van der Waals surface area contributed by atoms with Gasteiger partial charge < -0.3 is 5.32 Å². The number of nitrogens with one attached hydrogen (secondary N) is 1. The fraction of sp³-hybridized carbons (Fsp3) is 0.143. The number of benzene rings is 2. The standard InChI is InChI=1S/C21H16F3N5O/c1-12-7-9-14(10-8-12)16-11-17(21(22,23)24)29-20(26-16)27-18(28-29)19(30)25-15-6-4-3-5-13(15)2/h3-11H,1-2H3,(H,25,30). The van der Waals surface area contributed by atoms with Gasteiger partial charge >= 0.3 is 6.18 Å². The van der Waals surface area contributed by atoms with E-state index in [1.54, 1.807) is 55.5 Å². The van der Waals surface area contributed by atoms with Crippen LogP contribution in [0.1, 0.15) is 27.4 Å². The number of hydrogen-bond acceptors (Lipinski definition) is 4. The maximum Gasteiger partial charge on any atom is 0.433 e. The average Bonchev–Trinajstić information content (AvgIpc) is 3.13. The van der Waals surface area contributed by atoms with Crippen molar-refractivity contribution in [3.8, 4) is 11.3 Å². The third-order valence-electron chi connectivity index (χ3n) is 4.55. The van der Waals surface area contributed by atoms with Crippen LogP contribution in [0.15, 0.2) is 54.6 Å². The van der Waals surface area contributed by atoms with E-state index in [0.717, 1.165) is 17.2 Å². The molecule has 2 aromatic heterocycles. The van der Waals surface area contributed by atoms with Crippen molar-refractivity contribution in [3.63, 3.8) is 0 Å². The van der Waals surface area contributed by atoms with E-state index in [1.165, 1.54) is 0 Å². The Morgan fingerprint density at radius 1 is 1.00 bits per heavy atom. The summed E-state index contributed by atoms with van der Waals surface area (Å²) in [6.45, 7) is 3.67. The highest BCUT2D eigenvalue weighted by Crippen LogP contribution is 2.32. The second-order valence-electron chi connectivity index (χ2n) is 6.81. The van der Waals surface area contributed by atoms with Crippen LogP contribution < -0.4 is 5.32 Å². The molecule has 4 aromatic rings. The topological polar surface area (TPSA) is 72.2 Å². The number of aryl methyl sites for hydroxylation is 2. The summed E-state index contributed by atoms with van der Waals surface area (Å²) in [5, 5.41) is 6.38. The van der Waals surface area contributed by atoms with E-state index in [9.17, 15) is 18.0 Å². The molecule has 0 radical (unpaired) electrons. The second-order valence-corrected chi connectivity index (χ2v) is 6.81. The molecule has 1 N–H and O–H groups in total. The molecular formula is C21H16F3N5O. The Labute approximate surface area is 169 Å². The SMILES string of the molecule is Cc1ccc(-c2cc(C(F)(F)F)n3nc(C(=O)Nc4ccccc4C)nc3n2)cc1. The number of anilines is 1. The zero-order valence-electron chi connectivity index (χ0n) is 16.0. The molecule has 0 aliphatic heterocycles. The Kier molecular flexibility index (Phi) is 4.73. The average molecular weight is 411 g/mol. The van der Waals surface area contributed by atoms with Crippen LogP contribution in [-0.2, 0) is 6.18 Å². The number of amides is 1. The highest BCUT2D eigenvalue weighted by atomic mass is 19.4. The Morgan fingerprint density at radius 2 is 1.70 bits per heavy atom. The normalized spacial score (nSPS) is 11.6. The molecule has 0 unspecified atom stereocenters. The predicted molar refractivity (Wildman–Crippen MR) is 105 cm³/mol. The van der Waals surface area contributed by atoms with Crippen molar-refractivity contribution in [2.24, 2.45) is 0 Å². The minimum absolute atomic E-state index is 0.0908. The number of rotatable bonds is 3. The molecule has 0 aliphatic carbocycles. The number of carbonyl (C=O) groups excluding carboxylic acids is 1. The summed E-state index contributed by atoms with van der Waals surface area (Å²) >= 11 is 0. The van der Waals surface area contributed by atoms with Gasteiger partial charge in [-0.3, -0.25) is 4.79 Å². The molecule has 0 saturated heterocycles. The molecule has 2 aromatic carbocycles. The Balaban J connectivity index is 1.80. The lowest BCUT2D eigenvalue weighted by Crippen LogP contribution is -2.16. The summed E-state index contributed by atoms with van der Waals surface area (Å²) in [6.07, 6.45) is -4.71. The molecular weight excluding hydrogens is 395 g/mol. The lowest BCUT2D eigenvalue weighted by molar-refractivity contribution is -0.142. The molecule has 6 nitrogen and oxygen atoms in total. The molecule has 0 saturated carbocycles. The quantitative estimate of drug-likeness (QED) is 0.531. The molecule has 2 heterocycles. The first-order chi connectivity index (χ1) is 14.2. The molecule has 0 spiro atoms. The number of halogens is 3. The fourth-order valence-corrected chi connectivity index (χ4v) is 2.93. The zero-order valence-corrected chi connectivity index (χ0v) is 16.0. The summed E-state index contributed by atoms with van der Waals surface area (Å²) in [5.41, 5.74) is 1.81. The molecule has 4 rings (SSSR count). The molecule has 0 bridgehead atoms. The van der Waals surface area contributed by atoms with Crippen molar-refractivity contribution >= 4 is 17.4 Å². The first-order valence-electron chi connectivity index (χ1n) is 9.01. The molecule has 0 fully saturated rings. The van der Waals surface area contributed by atoms with Crippen LogP contribution >= 0.6 is 0 Å². The van der Waals surface area contributed by atoms with Crippen LogP contribution in [0, 0.1) is 13.8 Å². The number of fused-ring (bicyclic) bond motifs is 1. The number of aromatic nitrogens is 4. The van der Waals surface area contributed by atoms with Gasteiger partial charge in [0.1, 0.15) is 0 Å². The van der Waals surface area contributed by atoms with E-state index in [-0.39, 0.29) is 11.5 Å². The Morgan fingerprint density at radius 3 is 2.37 bits per heavy atom. The van der Waals surface area contributed by atoms with Gasteiger partial charge in [0, 0.05) is 11.3 Å². The first-order valence-corrected chi connectivity index (χ1v) is 9.01. The highest BCUT2D eigenvalue weighted by Gasteiger charge is 2.36. The van der Waals surface area contributed by atoms with Crippen LogP contribution in [0.25, 0.3) is 17.0 Å². The smallest absolute Gasteiger partial charge is 0.319 e. The van der Waals surface area contributed by atoms with E-state index < -0.39 is 23.6 Å². The minimum atomic E-state index is -4.71. The van der Waals surface area contributed by atoms with E-state index in [2.05, 4.69) is 20.4 Å². The number of nitrogens with zero attached hydrogens (tertiary/aromatic N) is 4. The maximum atomic E-state index is 13.7. The monoisotopic (exact) mass is 411 g/mol. The zero-order chi connectivity index (χ0) is 21.5. The summed E-state index contributed by atoms with van der Waals surface area (Å²) < 4.78 is 41.6. The first kappa shape index (κ1) is 19.6. The largest absolute Gasteiger partial charge is 0.433 e. The van der Waals surface area contributed by atoms with Crippen LogP contribution in [-0.4, -0.2) is 25.5 Å². The lowest BCUT2D eigenvalue weighted by atomic mass is 10.1. The van der Waals surface area contributed by atoms with Gasteiger partial charge in [-0.25, -0.2) is 4.98 Å². The van der Waals surface area contributed by atoms with Gasteiger partial charge in [-0.15, -0.1) is 5.10 Å². The Bertz CT molecular complexity index is 1250. The van der Waals surface area contributed by atoms with Crippen molar-refractivity contribution in [1.82, 2.24) is 19.6 Å². The van der Waals surface area contributed by atoms with E-state index in [4.69, 9.17) is 0 Å². The van der Waals surface area contributed by atoms with Gasteiger partial charge in [0.05, 0.1) is 5.69 Å². The third kappa shape index (κ3) is 3.73. The van der Waals surface area contributed by atoms with Crippen molar-refractivity contribution < 1.29 is 18.0 Å². The van der Waals surface area contributed by atoms with Gasteiger partial charge in [-0.2, -0.15) is 22.7 Å². The summed E-state index contributed by atoms with van der Waals surface area (Å²) in [5.74, 6) is -1.44. The van der Waals surface area contributed by atoms with E-state index >= 15 is 0 Å². The van der Waals surface area contributed by atoms with Crippen molar-refractivity contribution in [2.75, 3.05) is 5.32 Å². The summed E-state index contributed by atoms with van der Waals surface area (Å²) in [7, 11) is 0. The molecule has 152 valence electrons. The number of hydrogen-bond donors (Lipinski definition) is 1. The molecule has 0 atom stereocenters. The van der Waals surface area contributed by atoms with Crippen molar-refractivity contribution in [1.29, 1.82) is 0 Å². The van der Waals surface area contributed by atoms with Crippen LogP contribution in [0.4, 0.5) is 18.9 Å². The summed E-state index contributed by atoms with van der Waals surface area (Å²) in [6, 6.07) is 14.8. The molecule has 30 heavy (non-hydrogen) atoms. The van der Waals surface area contributed by atoms with Gasteiger partial charge in [-0.05, 0) is 31.5 Å².